The fraction of sp³-hybridized carbons (Fsp3) is 0.700. The van der Waals surface area contributed by atoms with Crippen molar-refractivity contribution in [1.29, 1.82) is 0 Å². The summed E-state index contributed by atoms with van der Waals surface area (Å²) in [5.74, 6) is -3.89. The van der Waals surface area contributed by atoms with Crippen molar-refractivity contribution < 1.29 is 13.6 Å². The molecule has 1 amide bonds. The van der Waals surface area contributed by atoms with E-state index in [-0.39, 0.29) is 13.0 Å². The lowest BCUT2D eigenvalue weighted by Crippen LogP contribution is -2.49. The number of nitrogens with zero attached hydrogens (tertiary/aromatic N) is 1. The molecular weight excluding hydrogens is 202 g/mol. The molecule has 1 aliphatic heterocycles. The maximum Gasteiger partial charge on any atom is 0.255 e. The van der Waals surface area contributed by atoms with Gasteiger partial charge in [0.2, 0.25) is 5.91 Å². The number of alkyl halides is 2. The monoisotopic (exact) mass is 218 g/mol. The number of piperidine rings is 1. The number of hydrogen-bond acceptors (Lipinski definition) is 2. The number of carbonyl (C=O) groups is 1. The fourth-order valence-electron chi connectivity index (χ4n) is 1.65. The summed E-state index contributed by atoms with van der Waals surface area (Å²) >= 11 is 0. The van der Waals surface area contributed by atoms with Gasteiger partial charge in [0.15, 0.2) is 0 Å². The molecule has 1 atom stereocenters. The van der Waals surface area contributed by atoms with Crippen LogP contribution in [-0.4, -0.2) is 43.4 Å². The van der Waals surface area contributed by atoms with Gasteiger partial charge in [0.05, 0.1) is 5.92 Å². The van der Waals surface area contributed by atoms with Gasteiger partial charge in [0, 0.05) is 26.1 Å². The Labute approximate surface area is 88.1 Å². The highest BCUT2D eigenvalue weighted by Gasteiger charge is 2.42. The molecule has 0 saturated carbocycles. The van der Waals surface area contributed by atoms with E-state index in [0.29, 0.717) is 13.1 Å². The van der Waals surface area contributed by atoms with Gasteiger partial charge in [-0.1, -0.05) is 6.58 Å². The largest absolute Gasteiger partial charge is 0.352 e. The van der Waals surface area contributed by atoms with Gasteiger partial charge in [0.25, 0.3) is 5.92 Å². The summed E-state index contributed by atoms with van der Waals surface area (Å²) in [4.78, 5) is 12.7. The van der Waals surface area contributed by atoms with E-state index in [1.54, 1.807) is 7.05 Å². The lowest BCUT2D eigenvalue weighted by molar-refractivity contribution is -0.120. The van der Waals surface area contributed by atoms with Crippen molar-refractivity contribution in [2.24, 2.45) is 5.92 Å². The van der Waals surface area contributed by atoms with Crippen LogP contribution in [0.15, 0.2) is 12.7 Å². The summed E-state index contributed by atoms with van der Waals surface area (Å²) in [7, 11) is 1.80. The van der Waals surface area contributed by atoms with E-state index in [0.717, 1.165) is 6.08 Å². The van der Waals surface area contributed by atoms with Crippen LogP contribution in [0.5, 0.6) is 0 Å². The number of rotatable bonds is 3. The van der Waals surface area contributed by atoms with Crippen LogP contribution in [0.2, 0.25) is 0 Å². The molecule has 1 unspecified atom stereocenters. The van der Waals surface area contributed by atoms with Crippen LogP contribution in [0, 0.1) is 5.92 Å². The van der Waals surface area contributed by atoms with E-state index in [9.17, 15) is 13.6 Å². The first-order valence-electron chi connectivity index (χ1n) is 4.92. The Kier molecular flexibility index (Phi) is 3.79. The minimum Gasteiger partial charge on any atom is -0.352 e. The van der Waals surface area contributed by atoms with Gasteiger partial charge in [-0.3, -0.25) is 4.79 Å². The molecule has 0 aromatic rings. The van der Waals surface area contributed by atoms with Crippen LogP contribution in [-0.2, 0) is 4.79 Å². The normalized spacial score (nSPS) is 25.9. The number of nitrogens with one attached hydrogen (secondary N) is 1. The summed E-state index contributed by atoms with van der Waals surface area (Å²) in [6.07, 6.45) is 0.947. The van der Waals surface area contributed by atoms with Gasteiger partial charge in [-0.15, -0.1) is 0 Å². The molecular formula is C10H16F2N2O. The van der Waals surface area contributed by atoms with Crippen LogP contribution in [0.4, 0.5) is 8.78 Å². The Hall–Kier alpha value is -0.970. The molecule has 1 aliphatic rings. The topological polar surface area (TPSA) is 32.3 Å². The van der Waals surface area contributed by atoms with Gasteiger partial charge >= 0.3 is 0 Å². The Morgan fingerprint density at radius 2 is 2.40 bits per heavy atom. The van der Waals surface area contributed by atoms with Crippen molar-refractivity contribution in [2.45, 2.75) is 12.3 Å². The minimum absolute atomic E-state index is 0.00218. The molecule has 0 bridgehead atoms. The molecule has 15 heavy (non-hydrogen) atoms. The van der Waals surface area contributed by atoms with Crippen molar-refractivity contribution >= 4 is 5.91 Å². The SMILES string of the molecule is C=CC(=O)NCC1CN(C)CCC1(F)F. The molecule has 1 rings (SSSR count). The molecule has 0 aliphatic carbocycles. The molecule has 1 fully saturated rings. The van der Waals surface area contributed by atoms with Crippen LogP contribution >= 0.6 is 0 Å². The van der Waals surface area contributed by atoms with Crippen LogP contribution in [0.3, 0.4) is 0 Å². The molecule has 1 N–H and O–H groups in total. The minimum atomic E-state index is -2.68. The van der Waals surface area contributed by atoms with Gasteiger partial charge in [-0.05, 0) is 13.1 Å². The third-order valence-electron chi connectivity index (χ3n) is 2.66. The second kappa shape index (κ2) is 4.70. The Morgan fingerprint density at radius 3 is 3.00 bits per heavy atom. The number of carbonyl (C=O) groups excluding carboxylic acids is 1. The van der Waals surface area contributed by atoms with E-state index < -0.39 is 17.7 Å². The van der Waals surface area contributed by atoms with Crippen LogP contribution < -0.4 is 5.32 Å². The predicted molar refractivity (Wildman–Crippen MR) is 53.8 cm³/mol. The number of hydrogen-bond donors (Lipinski definition) is 1. The van der Waals surface area contributed by atoms with Crippen molar-refractivity contribution in [1.82, 2.24) is 10.2 Å². The predicted octanol–water partition coefficient (Wildman–Crippen LogP) is 0.876. The highest BCUT2D eigenvalue weighted by atomic mass is 19.3. The Balaban J connectivity index is 2.49. The van der Waals surface area contributed by atoms with E-state index in [4.69, 9.17) is 0 Å². The summed E-state index contributed by atoms with van der Waals surface area (Å²) in [6.45, 7) is 3.98. The first-order chi connectivity index (χ1) is 6.95. The van der Waals surface area contributed by atoms with E-state index in [1.165, 1.54) is 0 Å². The lowest BCUT2D eigenvalue weighted by atomic mass is 9.94. The molecule has 3 nitrogen and oxygen atoms in total. The highest BCUT2D eigenvalue weighted by Crippen LogP contribution is 2.32. The number of halogens is 2. The Morgan fingerprint density at radius 1 is 1.73 bits per heavy atom. The summed E-state index contributed by atoms with van der Waals surface area (Å²) in [5, 5.41) is 2.41. The van der Waals surface area contributed by atoms with Crippen molar-refractivity contribution in [3.63, 3.8) is 0 Å². The lowest BCUT2D eigenvalue weighted by Gasteiger charge is -2.36. The molecule has 1 heterocycles. The van der Waals surface area contributed by atoms with Crippen LogP contribution in [0.25, 0.3) is 0 Å². The van der Waals surface area contributed by atoms with Gasteiger partial charge in [-0.25, -0.2) is 8.78 Å². The van der Waals surface area contributed by atoms with Crippen molar-refractivity contribution in [2.75, 3.05) is 26.7 Å². The third kappa shape index (κ3) is 3.27. The fourth-order valence-corrected chi connectivity index (χ4v) is 1.65. The number of likely N-dealkylation sites (tertiary alicyclic amines) is 1. The van der Waals surface area contributed by atoms with E-state index in [2.05, 4.69) is 11.9 Å². The standard InChI is InChI=1S/C10H16F2N2O/c1-3-9(15)13-6-8-7-14(2)5-4-10(8,11)12/h3,8H,1,4-7H2,2H3,(H,13,15). The maximum atomic E-state index is 13.4. The molecule has 0 aromatic heterocycles. The first-order valence-corrected chi connectivity index (χ1v) is 4.92. The molecule has 5 heteroatoms. The molecule has 86 valence electrons. The maximum absolute atomic E-state index is 13.4. The zero-order chi connectivity index (χ0) is 11.5. The summed E-state index contributed by atoms with van der Waals surface area (Å²) in [5.41, 5.74) is 0. The van der Waals surface area contributed by atoms with E-state index in [1.807, 2.05) is 4.90 Å². The third-order valence-corrected chi connectivity index (χ3v) is 2.66. The Bertz CT molecular complexity index is 256. The quantitative estimate of drug-likeness (QED) is 0.713. The second-order valence-electron chi connectivity index (χ2n) is 3.92. The van der Waals surface area contributed by atoms with Crippen molar-refractivity contribution in [3.05, 3.63) is 12.7 Å². The average molecular weight is 218 g/mol. The average Bonchev–Trinajstić information content (AvgIpc) is 2.19. The number of amides is 1. The second-order valence-corrected chi connectivity index (χ2v) is 3.92. The van der Waals surface area contributed by atoms with Crippen molar-refractivity contribution in [3.8, 4) is 0 Å². The van der Waals surface area contributed by atoms with Gasteiger partial charge in [0.1, 0.15) is 0 Å². The zero-order valence-corrected chi connectivity index (χ0v) is 8.80. The smallest absolute Gasteiger partial charge is 0.255 e. The molecule has 0 spiro atoms. The summed E-state index contributed by atoms with van der Waals surface area (Å²) in [6, 6.07) is 0. The van der Waals surface area contributed by atoms with Crippen LogP contribution in [0.1, 0.15) is 6.42 Å². The van der Waals surface area contributed by atoms with E-state index >= 15 is 0 Å². The molecule has 1 saturated heterocycles. The molecule has 0 radical (unpaired) electrons. The van der Waals surface area contributed by atoms with Gasteiger partial charge in [-0.2, -0.15) is 0 Å². The highest BCUT2D eigenvalue weighted by molar-refractivity contribution is 5.86. The zero-order valence-electron chi connectivity index (χ0n) is 8.80. The molecule has 0 aromatic carbocycles. The summed E-state index contributed by atoms with van der Waals surface area (Å²) < 4.78 is 26.8. The van der Waals surface area contributed by atoms with Gasteiger partial charge < -0.3 is 10.2 Å². The first kappa shape index (κ1) is 12.1.